The molecule has 0 aromatic rings. The average Bonchev–Trinajstić information content (AvgIpc) is 1.97. The molecule has 0 spiro atoms. The Kier molecular flexibility index (Phi) is 3.00. The first-order valence-corrected chi connectivity index (χ1v) is 2.85. The Morgan fingerprint density at radius 1 is 1.50 bits per heavy atom. The van der Waals surface area contributed by atoms with Crippen molar-refractivity contribution in [3.05, 3.63) is 0 Å². The zero-order valence-electron chi connectivity index (χ0n) is 5.26. The van der Waals surface area contributed by atoms with E-state index in [-0.39, 0.29) is 25.2 Å². The van der Waals surface area contributed by atoms with Gasteiger partial charge in [0.15, 0.2) is 0 Å². The van der Waals surface area contributed by atoms with Crippen LogP contribution in [0.15, 0.2) is 0 Å². The van der Waals surface area contributed by atoms with Gasteiger partial charge in [-0.2, -0.15) is 0 Å². The van der Waals surface area contributed by atoms with Crippen molar-refractivity contribution < 1.29 is 13.9 Å². The summed E-state index contributed by atoms with van der Waals surface area (Å²) in [4.78, 5) is 0. The minimum atomic E-state index is -2.95. The number of nitrogens with two attached hydrogens (primary N) is 1. The second-order valence-corrected chi connectivity index (χ2v) is 2.41. The molecule has 2 nitrogen and oxygen atoms in total. The third-order valence-electron chi connectivity index (χ3n) is 1.65. The summed E-state index contributed by atoms with van der Waals surface area (Å²) in [6.45, 7) is 0. The van der Waals surface area contributed by atoms with Crippen LogP contribution in [0.25, 0.3) is 0 Å². The van der Waals surface area contributed by atoms with Crippen molar-refractivity contribution in [2.75, 3.05) is 0 Å². The van der Waals surface area contributed by atoms with E-state index in [1.165, 1.54) is 0 Å². The predicted octanol–water partition coefficient (Wildman–Crippen LogP) is 0.526. The molecule has 0 radical (unpaired) electrons. The van der Waals surface area contributed by atoms with Gasteiger partial charge in [0.1, 0.15) is 6.10 Å². The Balaban J connectivity index is 0.000000810. The molecule has 1 aliphatic rings. The highest BCUT2D eigenvalue weighted by Gasteiger charge is 2.47. The van der Waals surface area contributed by atoms with E-state index in [0.29, 0.717) is 0 Å². The topological polar surface area (TPSA) is 46.2 Å². The van der Waals surface area contributed by atoms with Crippen molar-refractivity contribution in [2.24, 2.45) is 5.73 Å². The molecule has 0 heterocycles. The van der Waals surface area contributed by atoms with Gasteiger partial charge in [-0.25, -0.2) is 8.78 Å². The van der Waals surface area contributed by atoms with Gasteiger partial charge in [-0.05, 0) is 6.42 Å². The molecule has 0 aliphatic heterocycles. The van der Waals surface area contributed by atoms with Crippen LogP contribution in [0.1, 0.15) is 12.8 Å². The van der Waals surface area contributed by atoms with Gasteiger partial charge in [-0.15, -0.1) is 12.4 Å². The molecule has 0 aromatic heterocycles. The van der Waals surface area contributed by atoms with Gasteiger partial charge in [0.25, 0.3) is 5.92 Å². The van der Waals surface area contributed by atoms with Crippen LogP contribution in [0.5, 0.6) is 0 Å². The van der Waals surface area contributed by atoms with Crippen LogP contribution in [0.4, 0.5) is 8.78 Å². The normalized spacial score (nSPS) is 37.2. The first-order chi connectivity index (χ1) is 4.04. The predicted molar refractivity (Wildman–Crippen MR) is 35.4 cm³/mol. The molecule has 1 aliphatic carbocycles. The maximum Gasteiger partial charge on any atom is 0.275 e. The number of alkyl halides is 2. The second kappa shape index (κ2) is 2.98. The standard InChI is InChI=1S/C5H9F2NO.ClH/c6-5(7)2-1-3(8)4(5)9;/h3-4,9H,1-2,8H2;1H/t3-,4+;/m0./s1. The lowest BCUT2D eigenvalue weighted by molar-refractivity contribution is -0.0891. The quantitative estimate of drug-likeness (QED) is 0.561. The number of rotatable bonds is 0. The monoisotopic (exact) mass is 173 g/mol. The first kappa shape index (κ1) is 10.1. The molecule has 1 rings (SSSR count). The Labute approximate surface area is 63.8 Å². The Bertz CT molecular complexity index is 122. The highest BCUT2D eigenvalue weighted by molar-refractivity contribution is 5.85. The highest BCUT2D eigenvalue weighted by atomic mass is 35.5. The zero-order chi connectivity index (χ0) is 7.07. The van der Waals surface area contributed by atoms with Gasteiger partial charge in [0.05, 0.1) is 0 Å². The zero-order valence-corrected chi connectivity index (χ0v) is 6.07. The summed E-state index contributed by atoms with van der Waals surface area (Å²) in [5.74, 6) is -2.95. The smallest absolute Gasteiger partial charge is 0.275 e. The van der Waals surface area contributed by atoms with Gasteiger partial charge < -0.3 is 10.8 Å². The van der Waals surface area contributed by atoms with E-state index in [2.05, 4.69) is 0 Å². The molecule has 0 bridgehead atoms. The van der Waals surface area contributed by atoms with Gasteiger partial charge in [0, 0.05) is 12.5 Å². The molecule has 0 unspecified atom stereocenters. The fourth-order valence-electron chi connectivity index (χ4n) is 0.978. The van der Waals surface area contributed by atoms with E-state index in [1.54, 1.807) is 0 Å². The summed E-state index contributed by atoms with van der Waals surface area (Å²) in [5, 5.41) is 8.65. The lowest BCUT2D eigenvalue weighted by Crippen LogP contribution is -2.38. The van der Waals surface area contributed by atoms with E-state index in [9.17, 15) is 8.78 Å². The SMILES string of the molecule is Cl.N[C@H]1CCC(F)(F)[C@@H]1O. The third-order valence-corrected chi connectivity index (χ3v) is 1.65. The summed E-state index contributed by atoms with van der Waals surface area (Å²) >= 11 is 0. The van der Waals surface area contributed by atoms with Crippen LogP contribution in [0.3, 0.4) is 0 Å². The molecule has 2 atom stereocenters. The molecular weight excluding hydrogens is 164 g/mol. The van der Waals surface area contributed by atoms with E-state index < -0.39 is 18.1 Å². The summed E-state index contributed by atoms with van der Waals surface area (Å²) in [7, 11) is 0. The second-order valence-electron chi connectivity index (χ2n) is 2.41. The van der Waals surface area contributed by atoms with Gasteiger partial charge in [-0.3, -0.25) is 0 Å². The van der Waals surface area contributed by atoms with Gasteiger partial charge >= 0.3 is 0 Å². The molecule has 10 heavy (non-hydrogen) atoms. The van der Waals surface area contributed by atoms with Crippen LogP contribution in [0, 0.1) is 0 Å². The lowest BCUT2D eigenvalue weighted by atomic mass is 10.2. The van der Waals surface area contributed by atoms with Crippen LogP contribution in [0.2, 0.25) is 0 Å². The summed E-state index contributed by atoms with van der Waals surface area (Å²) in [5.41, 5.74) is 5.12. The van der Waals surface area contributed by atoms with Crippen molar-refractivity contribution in [1.82, 2.24) is 0 Å². The largest absolute Gasteiger partial charge is 0.385 e. The van der Waals surface area contributed by atoms with Crippen LogP contribution in [-0.4, -0.2) is 23.2 Å². The van der Waals surface area contributed by atoms with E-state index >= 15 is 0 Å². The van der Waals surface area contributed by atoms with Crippen molar-refractivity contribution in [1.29, 1.82) is 0 Å². The maximum atomic E-state index is 12.3. The molecule has 1 saturated carbocycles. The number of aliphatic hydroxyl groups excluding tert-OH is 1. The fourth-order valence-corrected chi connectivity index (χ4v) is 0.978. The van der Waals surface area contributed by atoms with Crippen molar-refractivity contribution in [3.63, 3.8) is 0 Å². The molecular formula is C5H10ClF2NO. The van der Waals surface area contributed by atoms with E-state index in [0.717, 1.165) is 0 Å². The number of aliphatic hydroxyl groups is 1. The van der Waals surface area contributed by atoms with Crippen molar-refractivity contribution in [2.45, 2.75) is 30.9 Å². The number of halogens is 3. The number of hydrogen-bond donors (Lipinski definition) is 2. The van der Waals surface area contributed by atoms with Crippen LogP contribution >= 0.6 is 12.4 Å². The third kappa shape index (κ3) is 1.56. The summed E-state index contributed by atoms with van der Waals surface area (Å²) in [6, 6.07) is -0.736. The number of hydrogen-bond acceptors (Lipinski definition) is 2. The lowest BCUT2D eigenvalue weighted by Gasteiger charge is -2.14. The fraction of sp³-hybridized carbons (Fsp3) is 1.00. The Morgan fingerprint density at radius 3 is 2.10 bits per heavy atom. The molecule has 0 aromatic carbocycles. The minimum absolute atomic E-state index is 0. The molecule has 1 fully saturated rings. The molecule has 0 amide bonds. The average molecular weight is 174 g/mol. The van der Waals surface area contributed by atoms with Gasteiger partial charge in [0.2, 0.25) is 0 Å². The van der Waals surface area contributed by atoms with Crippen LogP contribution < -0.4 is 5.73 Å². The first-order valence-electron chi connectivity index (χ1n) is 2.85. The van der Waals surface area contributed by atoms with Gasteiger partial charge in [-0.1, -0.05) is 0 Å². The van der Waals surface area contributed by atoms with E-state index in [1.807, 2.05) is 0 Å². The maximum absolute atomic E-state index is 12.3. The van der Waals surface area contributed by atoms with Crippen LogP contribution in [-0.2, 0) is 0 Å². The Hall–Kier alpha value is 0.0700. The molecule has 0 saturated heterocycles. The summed E-state index contributed by atoms with van der Waals surface area (Å²) < 4.78 is 24.5. The molecule has 5 heteroatoms. The molecule has 62 valence electrons. The molecule has 3 N–H and O–H groups in total. The van der Waals surface area contributed by atoms with Crippen molar-refractivity contribution in [3.8, 4) is 0 Å². The van der Waals surface area contributed by atoms with Crippen molar-refractivity contribution >= 4 is 12.4 Å². The minimum Gasteiger partial charge on any atom is -0.385 e. The highest BCUT2D eigenvalue weighted by Crippen LogP contribution is 2.33. The Morgan fingerprint density at radius 2 is 2.00 bits per heavy atom. The summed E-state index contributed by atoms with van der Waals surface area (Å²) in [6.07, 6.45) is -1.69. The van der Waals surface area contributed by atoms with E-state index in [4.69, 9.17) is 10.8 Å².